The molecule has 5 heteroatoms. The van der Waals surface area contributed by atoms with Gasteiger partial charge in [0.25, 0.3) is 0 Å². The Morgan fingerprint density at radius 1 is 1.00 bits per heavy atom. The first kappa shape index (κ1) is 14.3. The van der Waals surface area contributed by atoms with E-state index in [1.807, 2.05) is 18.2 Å². The average molecular weight is 372 g/mol. The zero-order valence-corrected chi connectivity index (χ0v) is 13.9. The molecule has 2 aromatic rings. The maximum atomic E-state index is 6.36. The van der Waals surface area contributed by atoms with Crippen molar-refractivity contribution in [3.05, 3.63) is 44.1 Å². The Balaban J connectivity index is 2.13. The minimum atomic E-state index is 0.582. The van der Waals surface area contributed by atoms with Crippen LogP contribution in [0.2, 0.25) is 10.2 Å². The lowest BCUT2D eigenvalue weighted by Crippen LogP contribution is -2.02. The summed E-state index contributed by atoms with van der Waals surface area (Å²) in [4.78, 5) is 9.19. The first-order valence-electron chi connectivity index (χ1n) is 6.66. The Bertz CT molecular complexity index is 659. The molecule has 1 aliphatic rings. The zero-order chi connectivity index (χ0) is 14.1. The van der Waals surface area contributed by atoms with Gasteiger partial charge in [-0.2, -0.15) is 0 Å². The molecule has 0 spiro atoms. The van der Waals surface area contributed by atoms with Gasteiger partial charge in [-0.1, -0.05) is 45.6 Å². The first-order chi connectivity index (χ1) is 9.65. The van der Waals surface area contributed by atoms with E-state index in [0.29, 0.717) is 16.0 Å². The maximum absolute atomic E-state index is 6.36. The summed E-state index contributed by atoms with van der Waals surface area (Å²) in [6, 6.07) is 5.60. The molecule has 0 amide bonds. The molecule has 0 fully saturated rings. The predicted molar refractivity (Wildman–Crippen MR) is 86.4 cm³/mol. The summed E-state index contributed by atoms with van der Waals surface area (Å²) in [6.07, 6.45) is 5.50. The van der Waals surface area contributed by atoms with E-state index in [1.54, 1.807) is 0 Å². The number of hydrogen-bond acceptors (Lipinski definition) is 2. The molecular weight excluding hydrogens is 359 g/mol. The third-order valence-electron chi connectivity index (χ3n) is 3.55. The summed E-state index contributed by atoms with van der Waals surface area (Å²) in [5.74, 6) is 0.644. The Labute approximate surface area is 136 Å². The van der Waals surface area contributed by atoms with Gasteiger partial charge >= 0.3 is 0 Å². The van der Waals surface area contributed by atoms with Gasteiger partial charge in [0.2, 0.25) is 0 Å². The molecule has 1 aliphatic carbocycles. The van der Waals surface area contributed by atoms with Crippen molar-refractivity contribution in [2.24, 2.45) is 0 Å². The van der Waals surface area contributed by atoms with Crippen molar-refractivity contribution in [1.82, 2.24) is 9.97 Å². The van der Waals surface area contributed by atoms with Gasteiger partial charge in [-0.3, -0.25) is 0 Å². The topological polar surface area (TPSA) is 25.8 Å². The second kappa shape index (κ2) is 6.00. The van der Waals surface area contributed by atoms with E-state index in [9.17, 15) is 0 Å². The van der Waals surface area contributed by atoms with Crippen LogP contribution < -0.4 is 0 Å². The van der Waals surface area contributed by atoms with E-state index < -0.39 is 0 Å². The fraction of sp³-hybridized carbons (Fsp3) is 0.333. The minimum Gasteiger partial charge on any atom is -0.233 e. The number of aryl methyl sites for hydroxylation is 1. The number of hydrogen-bond donors (Lipinski definition) is 0. The van der Waals surface area contributed by atoms with Crippen LogP contribution in [0.4, 0.5) is 0 Å². The lowest BCUT2D eigenvalue weighted by atomic mass is 10.1. The predicted octanol–water partition coefficient (Wildman–Crippen LogP) is 5.48. The molecule has 0 N–H and O–H groups in total. The summed E-state index contributed by atoms with van der Waals surface area (Å²) in [5, 5.41) is 1.25. The quantitative estimate of drug-likeness (QED) is 0.489. The monoisotopic (exact) mass is 370 g/mol. The molecule has 1 aromatic carbocycles. The number of nitrogens with zero attached hydrogens (tertiary/aromatic N) is 2. The largest absolute Gasteiger partial charge is 0.233 e. The van der Waals surface area contributed by atoms with Crippen molar-refractivity contribution in [2.75, 3.05) is 0 Å². The van der Waals surface area contributed by atoms with Gasteiger partial charge in [0.15, 0.2) is 5.82 Å². The molecule has 0 aliphatic heterocycles. The Morgan fingerprint density at radius 3 is 2.65 bits per heavy atom. The van der Waals surface area contributed by atoms with E-state index in [0.717, 1.165) is 47.0 Å². The summed E-state index contributed by atoms with van der Waals surface area (Å²) in [5.41, 5.74) is 3.09. The van der Waals surface area contributed by atoms with Crippen molar-refractivity contribution in [3.8, 4) is 11.4 Å². The lowest BCUT2D eigenvalue weighted by molar-refractivity contribution is 0.709. The van der Waals surface area contributed by atoms with Crippen LogP contribution in [0.1, 0.15) is 30.5 Å². The Morgan fingerprint density at radius 2 is 1.80 bits per heavy atom. The van der Waals surface area contributed by atoms with Crippen molar-refractivity contribution in [3.63, 3.8) is 0 Å². The van der Waals surface area contributed by atoms with Crippen LogP contribution in [0.5, 0.6) is 0 Å². The third kappa shape index (κ3) is 2.85. The smallest absolute Gasteiger partial charge is 0.162 e. The van der Waals surface area contributed by atoms with E-state index in [1.165, 1.54) is 6.42 Å². The molecule has 0 unspecified atom stereocenters. The van der Waals surface area contributed by atoms with Crippen LogP contribution in [0.15, 0.2) is 22.7 Å². The average Bonchev–Trinajstić information content (AvgIpc) is 2.67. The van der Waals surface area contributed by atoms with Crippen LogP contribution in [-0.2, 0) is 12.8 Å². The summed E-state index contributed by atoms with van der Waals surface area (Å²) < 4.78 is 0.923. The number of aromatic nitrogens is 2. The SMILES string of the molecule is Clc1ccc(Br)c(-c2nc(Cl)c3c(n2)CCCCC3)c1. The van der Waals surface area contributed by atoms with Crippen LogP contribution in [0.25, 0.3) is 11.4 Å². The first-order valence-corrected chi connectivity index (χ1v) is 8.21. The molecule has 0 saturated heterocycles. The Hall–Kier alpha value is -0.640. The van der Waals surface area contributed by atoms with E-state index in [-0.39, 0.29) is 0 Å². The summed E-state index contributed by atoms with van der Waals surface area (Å²) >= 11 is 16.0. The number of benzene rings is 1. The van der Waals surface area contributed by atoms with E-state index in [2.05, 4.69) is 20.9 Å². The summed E-state index contributed by atoms with van der Waals surface area (Å²) in [6.45, 7) is 0. The van der Waals surface area contributed by atoms with Crippen molar-refractivity contribution in [2.45, 2.75) is 32.1 Å². The lowest BCUT2D eigenvalue weighted by Gasteiger charge is -2.10. The molecular formula is C15H13BrCl2N2. The molecule has 20 heavy (non-hydrogen) atoms. The highest BCUT2D eigenvalue weighted by Gasteiger charge is 2.17. The highest BCUT2D eigenvalue weighted by Crippen LogP contribution is 2.32. The van der Waals surface area contributed by atoms with Gasteiger partial charge < -0.3 is 0 Å². The van der Waals surface area contributed by atoms with E-state index in [4.69, 9.17) is 28.2 Å². The van der Waals surface area contributed by atoms with Crippen LogP contribution in [0, 0.1) is 0 Å². The summed E-state index contributed by atoms with van der Waals surface area (Å²) in [7, 11) is 0. The second-order valence-electron chi connectivity index (χ2n) is 4.95. The van der Waals surface area contributed by atoms with Gasteiger partial charge in [0.05, 0.1) is 0 Å². The number of halogens is 3. The highest BCUT2D eigenvalue weighted by molar-refractivity contribution is 9.10. The Kier molecular flexibility index (Phi) is 4.29. The fourth-order valence-corrected chi connectivity index (χ4v) is 3.39. The molecule has 0 saturated carbocycles. The third-order valence-corrected chi connectivity index (χ3v) is 4.79. The van der Waals surface area contributed by atoms with Crippen LogP contribution in [0.3, 0.4) is 0 Å². The fourth-order valence-electron chi connectivity index (χ4n) is 2.51. The van der Waals surface area contributed by atoms with Gasteiger partial charge in [-0.05, 0) is 43.9 Å². The van der Waals surface area contributed by atoms with Gasteiger partial charge in [0.1, 0.15) is 5.15 Å². The zero-order valence-electron chi connectivity index (χ0n) is 10.8. The molecule has 3 rings (SSSR count). The molecule has 0 atom stereocenters. The normalized spacial score (nSPS) is 14.8. The van der Waals surface area contributed by atoms with Crippen molar-refractivity contribution >= 4 is 39.1 Å². The maximum Gasteiger partial charge on any atom is 0.162 e. The molecule has 1 aromatic heterocycles. The van der Waals surface area contributed by atoms with Crippen molar-refractivity contribution in [1.29, 1.82) is 0 Å². The van der Waals surface area contributed by atoms with Crippen LogP contribution in [-0.4, -0.2) is 9.97 Å². The minimum absolute atomic E-state index is 0.582. The number of rotatable bonds is 1. The van der Waals surface area contributed by atoms with E-state index >= 15 is 0 Å². The highest BCUT2D eigenvalue weighted by atomic mass is 79.9. The molecule has 0 radical (unpaired) electrons. The molecule has 104 valence electrons. The van der Waals surface area contributed by atoms with Gasteiger partial charge in [-0.15, -0.1) is 0 Å². The molecule has 0 bridgehead atoms. The van der Waals surface area contributed by atoms with Gasteiger partial charge in [-0.25, -0.2) is 9.97 Å². The molecule has 2 nitrogen and oxygen atoms in total. The number of fused-ring (bicyclic) bond motifs is 1. The van der Waals surface area contributed by atoms with Gasteiger partial charge in [0, 0.05) is 26.3 Å². The molecule has 1 heterocycles. The standard InChI is InChI=1S/C15H13BrCl2N2/c16-12-7-6-9(17)8-11(12)15-19-13-5-3-1-2-4-10(13)14(18)20-15/h6-8H,1-5H2. The van der Waals surface area contributed by atoms with Crippen molar-refractivity contribution < 1.29 is 0 Å². The van der Waals surface area contributed by atoms with Crippen LogP contribution >= 0.6 is 39.1 Å². The second-order valence-corrected chi connectivity index (χ2v) is 6.60.